The molecule has 0 fully saturated rings. The fourth-order valence-corrected chi connectivity index (χ4v) is 5.73. The van der Waals surface area contributed by atoms with Crippen LogP contribution in [-0.4, -0.2) is 43.3 Å². The van der Waals surface area contributed by atoms with Gasteiger partial charge in [0.1, 0.15) is 12.6 Å². The third-order valence-corrected chi connectivity index (χ3v) is 8.78. The summed E-state index contributed by atoms with van der Waals surface area (Å²) >= 11 is 18.3. The number of nitrogens with zero attached hydrogens (tertiary/aromatic N) is 2. The molecule has 7 nitrogen and oxygen atoms in total. The Bertz CT molecular complexity index is 1470. The van der Waals surface area contributed by atoms with Gasteiger partial charge in [0.15, 0.2) is 0 Å². The fraction of sp³-hybridized carbons (Fsp3) is 0.310. The van der Waals surface area contributed by atoms with Gasteiger partial charge in [-0.25, -0.2) is 8.42 Å². The summed E-state index contributed by atoms with van der Waals surface area (Å²) in [5.41, 5.74) is 1.30. The lowest BCUT2D eigenvalue weighted by atomic mass is 10.1. The van der Waals surface area contributed by atoms with Gasteiger partial charge in [-0.05, 0) is 88.7 Å². The number of rotatable bonds is 9. The predicted molar refractivity (Wildman–Crippen MR) is 162 cm³/mol. The van der Waals surface area contributed by atoms with Crippen molar-refractivity contribution < 1.29 is 18.0 Å². The quantitative estimate of drug-likeness (QED) is 0.295. The van der Waals surface area contributed by atoms with Crippen molar-refractivity contribution in [2.45, 2.75) is 57.6 Å². The molecule has 0 saturated carbocycles. The average Bonchev–Trinajstić information content (AvgIpc) is 2.87. The molecule has 0 saturated heterocycles. The van der Waals surface area contributed by atoms with Crippen molar-refractivity contribution >= 4 is 62.3 Å². The average molecular weight is 625 g/mol. The molecule has 0 spiro atoms. The summed E-state index contributed by atoms with van der Waals surface area (Å²) in [7, 11) is -4.18. The standard InChI is InChI=1S/C29H32Cl3N3O4S/c1-19-6-11-23(12-7-19)35(40(38,39)24-13-9-22(30)10-14-24)18-27(36)34(20(2)28(37)33-29(3,4)5)17-21-8-15-25(31)26(32)16-21/h6-16,20H,17-18H2,1-5H3,(H,33,37). The van der Waals surface area contributed by atoms with E-state index in [-0.39, 0.29) is 17.3 Å². The Morgan fingerprint density at radius 3 is 2.05 bits per heavy atom. The van der Waals surface area contributed by atoms with Crippen LogP contribution in [0.15, 0.2) is 71.6 Å². The van der Waals surface area contributed by atoms with Crippen LogP contribution in [0.1, 0.15) is 38.8 Å². The lowest BCUT2D eigenvalue weighted by Gasteiger charge is -2.33. The normalized spacial score (nSPS) is 12.5. The topological polar surface area (TPSA) is 86.8 Å². The second-order valence-electron chi connectivity index (χ2n) is 10.5. The molecule has 2 amide bonds. The van der Waals surface area contributed by atoms with Crippen molar-refractivity contribution in [1.82, 2.24) is 10.2 Å². The monoisotopic (exact) mass is 623 g/mol. The maximum Gasteiger partial charge on any atom is 0.264 e. The van der Waals surface area contributed by atoms with E-state index in [2.05, 4.69) is 5.32 Å². The fourth-order valence-electron chi connectivity index (χ4n) is 3.86. The third kappa shape index (κ3) is 8.13. The summed E-state index contributed by atoms with van der Waals surface area (Å²) in [6.45, 7) is 8.42. The van der Waals surface area contributed by atoms with Crippen LogP contribution in [0, 0.1) is 6.92 Å². The molecule has 1 atom stereocenters. The van der Waals surface area contributed by atoms with E-state index in [9.17, 15) is 18.0 Å². The highest BCUT2D eigenvalue weighted by Crippen LogP contribution is 2.27. The number of nitrogens with one attached hydrogen (secondary N) is 1. The van der Waals surface area contributed by atoms with Gasteiger partial charge in [0.05, 0.1) is 20.6 Å². The summed E-state index contributed by atoms with van der Waals surface area (Å²) in [5.74, 6) is -0.968. The number of hydrogen-bond acceptors (Lipinski definition) is 4. The molecule has 3 aromatic rings. The number of aryl methyl sites for hydroxylation is 1. The summed E-state index contributed by atoms with van der Waals surface area (Å²) in [4.78, 5) is 28.4. The first-order valence-corrected chi connectivity index (χ1v) is 15.1. The number of anilines is 1. The number of carbonyl (C=O) groups is 2. The third-order valence-electron chi connectivity index (χ3n) is 6.00. The first-order chi connectivity index (χ1) is 18.6. The summed E-state index contributed by atoms with van der Waals surface area (Å²) in [6, 6.07) is 16.5. The molecular formula is C29H32Cl3N3O4S. The number of sulfonamides is 1. The minimum Gasteiger partial charge on any atom is -0.350 e. The molecule has 0 radical (unpaired) electrons. The van der Waals surface area contributed by atoms with Gasteiger partial charge < -0.3 is 10.2 Å². The van der Waals surface area contributed by atoms with E-state index in [1.807, 2.05) is 27.7 Å². The molecule has 0 bridgehead atoms. The molecule has 0 heterocycles. The van der Waals surface area contributed by atoms with Gasteiger partial charge in [0.2, 0.25) is 11.8 Å². The van der Waals surface area contributed by atoms with Crippen LogP contribution in [-0.2, 0) is 26.2 Å². The minimum absolute atomic E-state index is 0.00280. The Hall–Kier alpha value is -2.78. The van der Waals surface area contributed by atoms with Crippen LogP contribution in [0.5, 0.6) is 0 Å². The first-order valence-electron chi connectivity index (χ1n) is 12.5. The Morgan fingerprint density at radius 1 is 0.900 bits per heavy atom. The maximum atomic E-state index is 14.0. The van der Waals surface area contributed by atoms with E-state index in [0.29, 0.717) is 26.3 Å². The number of benzene rings is 3. The summed E-state index contributed by atoms with van der Waals surface area (Å²) < 4.78 is 28.7. The van der Waals surface area contributed by atoms with Crippen LogP contribution in [0.2, 0.25) is 15.1 Å². The molecule has 1 N–H and O–H groups in total. The van der Waals surface area contributed by atoms with Gasteiger partial charge in [-0.3, -0.25) is 13.9 Å². The molecule has 214 valence electrons. The molecule has 1 unspecified atom stereocenters. The largest absolute Gasteiger partial charge is 0.350 e. The molecular weight excluding hydrogens is 593 g/mol. The van der Waals surface area contributed by atoms with E-state index in [1.54, 1.807) is 49.4 Å². The molecule has 11 heteroatoms. The highest BCUT2D eigenvalue weighted by Gasteiger charge is 2.33. The van der Waals surface area contributed by atoms with E-state index in [0.717, 1.165) is 9.87 Å². The van der Waals surface area contributed by atoms with Crippen LogP contribution >= 0.6 is 34.8 Å². The number of halogens is 3. The highest BCUT2D eigenvalue weighted by atomic mass is 35.5. The highest BCUT2D eigenvalue weighted by molar-refractivity contribution is 7.92. The van der Waals surface area contributed by atoms with Crippen LogP contribution in [0.25, 0.3) is 0 Å². The van der Waals surface area contributed by atoms with Crippen LogP contribution in [0.3, 0.4) is 0 Å². The predicted octanol–water partition coefficient (Wildman–Crippen LogP) is 6.48. The summed E-state index contributed by atoms with van der Waals surface area (Å²) in [6.07, 6.45) is 0. The zero-order valence-corrected chi connectivity index (χ0v) is 26.0. The molecule has 0 aromatic heterocycles. The van der Waals surface area contributed by atoms with Crippen molar-refractivity contribution in [3.05, 3.63) is 92.9 Å². The van der Waals surface area contributed by atoms with Crippen molar-refractivity contribution in [2.75, 3.05) is 10.8 Å². The van der Waals surface area contributed by atoms with E-state index in [1.165, 1.54) is 29.2 Å². The maximum absolute atomic E-state index is 14.0. The van der Waals surface area contributed by atoms with Gasteiger partial charge in [0, 0.05) is 17.1 Å². The Balaban J connectivity index is 2.04. The number of amides is 2. The first kappa shape index (κ1) is 31.7. The number of carbonyl (C=O) groups excluding carboxylic acids is 2. The van der Waals surface area contributed by atoms with Crippen molar-refractivity contribution in [3.8, 4) is 0 Å². The van der Waals surface area contributed by atoms with Crippen LogP contribution in [0.4, 0.5) is 5.69 Å². The Labute approximate surface area is 251 Å². The molecule has 40 heavy (non-hydrogen) atoms. The minimum atomic E-state index is -4.18. The Kier molecular flexibility index (Phi) is 10.2. The summed E-state index contributed by atoms with van der Waals surface area (Å²) in [5, 5.41) is 3.91. The number of hydrogen-bond donors (Lipinski definition) is 1. The molecule has 0 aliphatic rings. The zero-order valence-electron chi connectivity index (χ0n) is 22.9. The van der Waals surface area contributed by atoms with E-state index in [4.69, 9.17) is 34.8 Å². The van der Waals surface area contributed by atoms with Gasteiger partial charge >= 0.3 is 0 Å². The second-order valence-corrected chi connectivity index (χ2v) is 13.6. The van der Waals surface area contributed by atoms with E-state index >= 15 is 0 Å². The van der Waals surface area contributed by atoms with Crippen molar-refractivity contribution in [1.29, 1.82) is 0 Å². The van der Waals surface area contributed by atoms with Gasteiger partial charge in [-0.2, -0.15) is 0 Å². The van der Waals surface area contributed by atoms with Gasteiger partial charge in [-0.1, -0.05) is 58.6 Å². The molecule has 3 rings (SSSR count). The SMILES string of the molecule is Cc1ccc(N(CC(=O)N(Cc2ccc(Cl)c(Cl)c2)C(C)C(=O)NC(C)(C)C)S(=O)(=O)c2ccc(Cl)cc2)cc1. The lowest BCUT2D eigenvalue weighted by molar-refractivity contribution is -0.140. The van der Waals surface area contributed by atoms with Crippen LogP contribution < -0.4 is 9.62 Å². The van der Waals surface area contributed by atoms with Crippen molar-refractivity contribution in [3.63, 3.8) is 0 Å². The van der Waals surface area contributed by atoms with Crippen molar-refractivity contribution in [2.24, 2.45) is 0 Å². The molecule has 3 aromatic carbocycles. The molecule has 0 aliphatic carbocycles. The van der Waals surface area contributed by atoms with E-state index < -0.39 is 34.1 Å². The van der Waals surface area contributed by atoms with Gasteiger partial charge in [-0.15, -0.1) is 0 Å². The van der Waals surface area contributed by atoms with Gasteiger partial charge in [0.25, 0.3) is 10.0 Å². The lowest BCUT2D eigenvalue weighted by Crippen LogP contribution is -2.54. The smallest absolute Gasteiger partial charge is 0.264 e. The zero-order chi connectivity index (χ0) is 29.8. The molecule has 0 aliphatic heterocycles. The second kappa shape index (κ2) is 12.8. The Morgan fingerprint density at radius 2 is 1.50 bits per heavy atom.